The fourth-order valence-corrected chi connectivity index (χ4v) is 7.73. The minimum atomic E-state index is 0.337. The molecule has 0 fully saturated rings. The largest absolute Gasteiger partial charge is 0.457 e. The van der Waals surface area contributed by atoms with Crippen molar-refractivity contribution in [3.63, 3.8) is 0 Å². The predicted octanol–water partition coefficient (Wildman–Crippen LogP) is 11.3. The van der Waals surface area contributed by atoms with Gasteiger partial charge < -0.3 is 4.74 Å². The van der Waals surface area contributed by atoms with Gasteiger partial charge in [-0.25, -0.2) is 9.67 Å². The van der Waals surface area contributed by atoms with Gasteiger partial charge in [0.1, 0.15) is 17.3 Å². The third-order valence-electron chi connectivity index (χ3n) is 10.1. The number of aromatic nitrogens is 4. The second kappa shape index (κ2) is 12.5. The molecule has 0 saturated heterocycles. The van der Waals surface area contributed by atoms with E-state index in [9.17, 15) is 0 Å². The van der Waals surface area contributed by atoms with Crippen LogP contribution in [0.15, 0.2) is 90.6 Å². The zero-order chi connectivity index (χ0) is 32.8. The van der Waals surface area contributed by atoms with Gasteiger partial charge in [0.2, 0.25) is 0 Å². The van der Waals surface area contributed by atoms with Crippen molar-refractivity contribution in [2.45, 2.75) is 86.0 Å². The van der Waals surface area contributed by atoms with E-state index < -0.39 is 0 Å². The fraction of sp³-hybridized carbons (Fsp3) is 0.333. The standard InChI is InChI=1S/C42H46N4O/c1-8-12-31-19-20-43-40(21-31)45-38-16-10-9-15-36(38)37-18-17-34(25-39(37)45)47-35-23-32(26(2)3)22-33(24-35)46-30(7)42(29(6)44-46)41-27(4)13-11-14-28(41)5/h9-10,13,15-26,28,41H,8,11-12,14H2,1-7H3/t28-,41?/m0/s1. The van der Waals surface area contributed by atoms with E-state index in [1.54, 1.807) is 0 Å². The number of benzene rings is 3. The quantitative estimate of drug-likeness (QED) is 0.159. The summed E-state index contributed by atoms with van der Waals surface area (Å²) in [6, 6.07) is 25.9. The average molecular weight is 623 g/mol. The Kier molecular flexibility index (Phi) is 8.25. The molecule has 1 aliphatic rings. The topological polar surface area (TPSA) is 44.9 Å². The first-order valence-electron chi connectivity index (χ1n) is 17.3. The Morgan fingerprint density at radius 2 is 1.70 bits per heavy atom. The fourth-order valence-electron chi connectivity index (χ4n) is 7.73. The van der Waals surface area contributed by atoms with E-state index in [0.29, 0.717) is 17.8 Å². The van der Waals surface area contributed by atoms with Crippen LogP contribution in [0.3, 0.4) is 0 Å². The van der Waals surface area contributed by atoms with E-state index >= 15 is 0 Å². The minimum Gasteiger partial charge on any atom is -0.457 e. The maximum Gasteiger partial charge on any atom is 0.137 e. The Hall–Kier alpha value is -4.64. The van der Waals surface area contributed by atoms with Crippen LogP contribution in [0.5, 0.6) is 11.5 Å². The Bertz CT molecular complexity index is 2130. The van der Waals surface area contributed by atoms with Crippen LogP contribution in [-0.4, -0.2) is 19.3 Å². The summed E-state index contributed by atoms with van der Waals surface area (Å²) < 4.78 is 11.1. The van der Waals surface area contributed by atoms with Gasteiger partial charge in [0.15, 0.2) is 0 Å². The highest BCUT2D eigenvalue weighted by molar-refractivity contribution is 6.09. The van der Waals surface area contributed by atoms with E-state index in [1.165, 1.54) is 51.6 Å². The van der Waals surface area contributed by atoms with E-state index in [2.05, 4.69) is 137 Å². The summed E-state index contributed by atoms with van der Waals surface area (Å²) in [6.45, 7) is 15.7. The normalized spacial score (nSPS) is 16.7. The van der Waals surface area contributed by atoms with Gasteiger partial charge in [-0.2, -0.15) is 5.10 Å². The monoisotopic (exact) mass is 622 g/mol. The molecule has 3 aromatic carbocycles. The molecule has 2 atom stereocenters. The van der Waals surface area contributed by atoms with Crippen molar-refractivity contribution >= 4 is 21.8 Å². The second-order valence-electron chi connectivity index (χ2n) is 13.8. The number of para-hydroxylation sites is 1. The molecule has 1 unspecified atom stereocenters. The van der Waals surface area contributed by atoms with Crippen molar-refractivity contribution in [3.8, 4) is 23.0 Å². The molecule has 0 bridgehead atoms. The summed E-state index contributed by atoms with van der Waals surface area (Å²) in [6.07, 6.45) is 8.86. The number of aryl methyl sites for hydroxylation is 2. The SMILES string of the molecule is CCCc1ccnc(-n2c3ccccc3c3ccc(Oc4cc(C(C)C)cc(-n5nc(C)c(C6C(C)=CCC[C@@H]6C)c5C)c4)cc32)c1. The van der Waals surface area contributed by atoms with Crippen molar-refractivity contribution in [2.75, 3.05) is 0 Å². The predicted molar refractivity (Wildman–Crippen MR) is 195 cm³/mol. The summed E-state index contributed by atoms with van der Waals surface area (Å²) in [4.78, 5) is 4.82. The number of nitrogens with zero attached hydrogens (tertiary/aromatic N) is 4. The Labute approximate surface area is 278 Å². The minimum absolute atomic E-state index is 0.337. The van der Waals surface area contributed by atoms with Crippen LogP contribution >= 0.6 is 0 Å². The molecule has 0 spiro atoms. The Balaban J connectivity index is 1.32. The van der Waals surface area contributed by atoms with Crippen LogP contribution in [0.25, 0.3) is 33.3 Å². The molecule has 6 aromatic rings. The maximum absolute atomic E-state index is 6.73. The summed E-state index contributed by atoms with van der Waals surface area (Å²) in [5, 5.41) is 7.52. The molecule has 0 saturated carbocycles. The number of fused-ring (bicyclic) bond motifs is 3. The molecule has 0 N–H and O–H groups in total. The summed E-state index contributed by atoms with van der Waals surface area (Å²) in [5.41, 5.74) is 10.9. The van der Waals surface area contributed by atoms with E-state index in [4.69, 9.17) is 14.8 Å². The van der Waals surface area contributed by atoms with Gasteiger partial charge in [0.25, 0.3) is 0 Å². The molecule has 5 nitrogen and oxygen atoms in total. The highest BCUT2D eigenvalue weighted by atomic mass is 16.5. The van der Waals surface area contributed by atoms with Crippen LogP contribution in [0, 0.1) is 19.8 Å². The number of hydrogen-bond donors (Lipinski definition) is 0. The Morgan fingerprint density at radius 3 is 2.49 bits per heavy atom. The molecule has 240 valence electrons. The van der Waals surface area contributed by atoms with Crippen LogP contribution in [0.2, 0.25) is 0 Å². The number of allylic oxidation sites excluding steroid dienone is 2. The van der Waals surface area contributed by atoms with Gasteiger partial charge in [-0.05, 0) is 105 Å². The van der Waals surface area contributed by atoms with E-state index in [0.717, 1.165) is 52.6 Å². The molecular weight excluding hydrogens is 576 g/mol. The lowest BCUT2D eigenvalue weighted by atomic mass is 9.75. The summed E-state index contributed by atoms with van der Waals surface area (Å²) in [5.74, 6) is 3.89. The summed E-state index contributed by atoms with van der Waals surface area (Å²) >= 11 is 0. The number of pyridine rings is 1. The zero-order valence-corrected chi connectivity index (χ0v) is 28.8. The van der Waals surface area contributed by atoms with E-state index in [-0.39, 0.29) is 0 Å². The molecule has 0 amide bonds. The lowest BCUT2D eigenvalue weighted by Crippen LogP contribution is -2.16. The van der Waals surface area contributed by atoms with Crippen molar-refractivity contribution < 1.29 is 4.74 Å². The Morgan fingerprint density at radius 1 is 0.894 bits per heavy atom. The second-order valence-corrected chi connectivity index (χ2v) is 13.8. The van der Waals surface area contributed by atoms with Gasteiger partial charge >= 0.3 is 0 Å². The molecule has 47 heavy (non-hydrogen) atoms. The van der Waals surface area contributed by atoms with Crippen LogP contribution in [0.1, 0.15) is 93.8 Å². The summed E-state index contributed by atoms with van der Waals surface area (Å²) in [7, 11) is 0. The van der Waals surface area contributed by atoms with Crippen molar-refractivity contribution in [3.05, 3.63) is 119 Å². The number of rotatable bonds is 8. The van der Waals surface area contributed by atoms with Crippen LogP contribution in [-0.2, 0) is 6.42 Å². The van der Waals surface area contributed by atoms with Crippen molar-refractivity contribution in [1.29, 1.82) is 0 Å². The molecule has 1 aliphatic carbocycles. The highest BCUT2D eigenvalue weighted by Gasteiger charge is 2.29. The number of ether oxygens (including phenoxy) is 1. The van der Waals surface area contributed by atoms with Gasteiger partial charge in [-0.15, -0.1) is 0 Å². The first kappa shape index (κ1) is 31.0. The lowest BCUT2D eigenvalue weighted by molar-refractivity contribution is 0.447. The molecule has 3 heterocycles. The third kappa shape index (κ3) is 5.66. The molecule has 5 heteroatoms. The maximum atomic E-state index is 6.73. The molecule has 3 aromatic heterocycles. The lowest BCUT2D eigenvalue weighted by Gasteiger charge is -2.29. The first-order valence-corrected chi connectivity index (χ1v) is 17.3. The molecule has 7 rings (SSSR count). The smallest absolute Gasteiger partial charge is 0.137 e. The van der Waals surface area contributed by atoms with Gasteiger partial charge in [0.05, 0.1) is 22.4 Å². The van der Waals surface area contributed by atoms with E-state index in [1.807, 2.05) is 6.20 Å². The van der Waals surface area contributed by atoms with Gasteiger partial charge in [-0.1, -0.05) is 64.0 Å². The van der Waals surface area contributed by atoms with Crippen LogP contribution in [0.4, 0.5) is 0 Å². The average Bonchev–Trinajstić information content (AvgIpc) is 3.54. The number of hydrogen-bond acceptors (Lipinski definition) is 3. The van der Waals surface area contributed by atoms with Crippen molar-refractivity contribution in [1.82, 2.24) is 19.3 Å². The first-order chi connectivity index (χ1) is 22.7. The third-order valence-corrected chi connectivity index (χ3v) is 10.1. The molecule has 0 radical (unpaired) electrons. The highest BCUT2D eigenvalue weighted by Crippen LogP contribution is 2.42. The van der Waals surface area contributed by atoms with Crippen LogP contribution < -0.4 is 4.74 Å². The van der Waals surface area contributed by atoms with Gasteiger partial charge in [-0.3, -0.25) is 4.57 Å². The molecular formula is C42H46N4O. The van der Waals surface area contributed by atoms with Crippen molar-refractivity contribution in [2.24, 2.45) is 5.92 Å². The van der Waals surface area contributed by atoms with Gasteiger partial charge in [0, 0.05) is 46.3 Å². The molecule has 0 aliphatic heterocycles. The zero-order valence-electron chi connectivity index (χ0n) is 28.8.